The van der Waals surface area contributed by atoms with Crippen molar-refractivity contribution in [2.45, 2.75) is 18.1 Å². The minimum atomic E-state index is -4.36. The lowest BCUT2D eigenvalue weighted by molar-refractivity contribution is -0.154. The third kappa shape index (κ3) is 2.94. The molecule has 1 aromatic rings. The van der Waals surface area contributed by atoms with Crippen molar-refractivity contribution in [3.05, 3.63) is 35.9 Å². The number of rotatable bonds is 3. The van der Waals surface area contributed by atoms with Gasteiger partial charge in [-0.25, -0.2) is 0 Å². The van der Waals surface area contributed by atoms with E-state index in [0.29, 0.717) is 0 Å². The molecule has 1 aromatic carbocycles. The summed E-state index contributed by atoms with van der Waals surface area (Å²) in [6.45, 7) is -0.195. The summed E-state index contributed by atoms with van der Waals surface area (Å²) < 4.78 is 38.1. The molecule has 2 unspecified atom stereocenters. The van der Waals surface area contributed by atoms with Crippen LogP contribution in [0.1, 0.15) is 11.5 Å². The van der Waals surface area contributed by atoms with E-state index in [4.69, 9.17) is 11.5 Å². The van der Waals surface area contributed by atoms with Crippen LogP contribution in [0.15, 0.2) is 30.3 Å². The van der Waals surface area contributed by atoms with E-state index in [0.717, 1.165) is 0 Å². The predicted octanol–water partition coefficient (Wildman–Crippen LogP) is 1.62. The maximum absolute atomic E-state index is 12.7. The van der Waals surface area contributed by atoms with Crippen molar-refractivity contribution in [2.24, 2.45) is 11.5 Å². The van der Waals surface area contributed by atoms with Gasteiger partial charge in [0.2, 0.25) is 0 Å². The lowest BCUT2D eigenvalue weighted by Crippen LogP contribution is -2.42. The molecule has 2 atom stereocenters. The molecule has 0 bridgehead atoms. The molecule has 0 aromatic heterocycles. The summed E-state index contributed by atoms with van der Waals surface area (Å²) >= 11 is 0. The van der Waals surface area contributed by atoms with Crippen LogP contribution in [-0.4, -0.2) is 18.8 Å². The summed E-state index contributed by atoms with van der Waals surface area (Å²) in [7, 11) is 0. The number of alkyl halides is 3. The van der Waals surface area contributed by atoms with E-state index >= 15 is 0 Å². The molecule has 0 spiro atoms. The van der Waals surface area contributed by atoms with E-state index in [2.05, 4.69) is 0 Å². The molecule has 0 aliphatic rings. The average Bonchev–Trinajstić information content (AvgIpc) is 2.17. The van der Waals surface area contributed by atoms with Crippen LogP contribution in [0.3, 0.4) is 0 Å². The fourth-order valence-corrected chi connectivity index (χ4v) is 1.48. The normalized spacial score (nSPS) is 16.1. The first-order chi connectivity index (χ1) is 6.96. The highest BCUT2D eigenvalue weighted by atomic mass is 19.4. The third-order valence-corrected chi connectivity index (χ3v) is 2.21. The third-order valence-electron chi connectivity index (χ3n) is 2.21. The Morgan fingerprint density at radius 3 is 2.07 bits per heavy atom. The highest BCUT2D eigenvalue weighted by molar-refractivity contribution is 5.23. The zero-order valence-electron chi connectivity index (χ0n) is 8.04. The number of hydrogen-bond acceptors (Lipinski definition) is 2. The molecule has 0 aliphatic carbocycles. The lowest BCUT2D eigenvalue weighted by atomic mass is 9.91. The molecule has 0 aliphatic heterocycles. The monoisotopic (exact) mass is 218 g/mol. The summed E-state index contributed by atoms with van der Waals surface area (Å²) in [4.78, 5) is 0. The van der Waals surface area contributed by atoms with Crippen molar-refractivity contribution in [3.63, 3.8) is 0 Å². The number of benzene rings is 1. The van der Waals surface area contributed by atoms with Gasteiger partial charge in [-0.1, -0.05) is 30.3 Å². The van der Waals surface area contributed by atoms with Crippen LogP contribution in [-0.2, 0) is 0 Å². The van der Waals surface area contributed by atoms with Gasteiger partial charge in [0.05, 0.1) is 5.92 Å². The van der Waals surface area contributed by atoms with Gasteiger partial charge in [-0.2, -0.15) is 13.2 Å². The van der Waals surface area contributed by atoms with Gasteiger partial charge in [0.15, 0.2) is 0 Å². The molecule has 0 saturated carbocycles. The smallest absolute Gasteiger partial charge is 0.329 e. The van der Waals surface area contributed by atoms with Gasteiger partial charge < -0.3 is 11.5 Å². The molecule has 0 fully saturated rings. The van der Waals surface area contributed by atoms with Crippen LogP contribution in [0.2, 0.25) is 0 Å². The van der Waals surface area contributed by atoms with Crippen LogP contribution in [0.4, 0.5) is 13.2 Å². The van der Waals surface area contributed by atoms with Crippen LogP contribution in [0, 0.1) is 0 Å². The molecule has 1 rings (SSSR count). The van der Waals surface area contributed by atoms with E-state index in [9.17, 15) is 13.2 Å². The topological polar surface area (TPSA) is 52.0 Å². The Morgan fingerprint density at radius 1 is 1.13 bits per heavy atom. The Balaban J connectivity index is 3.02. The zero-order chi connectivity index (χ0) is 11.5. The van der Waals surface area contributed by atoms with Crippen molar-refractivity contribution in [1.82, 2.24) is 0 Å². The second-order valence-electron chi connectivity index (χ2n) is 3.33. The van der Waals surface area contributed by atoms with Gasteiger partial charge in [-0.15, -0.1) is 0 Å². The molecule has 2 nitrogen and oxygen atoms in total. The molecule has 0 heterocycles. The van der Waals surface area contributed by atoms with Gasteiger partial charge in [-0.05, 0) is 5.56 Å². The van der Waals surface area contributed by atoms with Crippen molar-refractivity contribution in [2.75, 3.05) is 6.54 Å². The Kier molecular flexibility index (Phi) is 3.71. The van der Waals surface area contributed by atoms with Gasteiger partial charge in [-0.3, -0.25) is 0 Å². The van der Waals surface area contributed by atoms with Gasteiger partial charge >= 0.3 is 6.18 Å². The maximum Gasteiger partial charge on any atom is 0.397 e. The van der Waals surface area contributed by atoms with Gasteiger partial charge in [0.1, 0.15) is 0 Å². The molecule has 0 amide bonds. The Labute approximate surface area is 86.1 Å². The molecular weight excluding hydrogens is 205 g/mol. The van der Waals surface area contributed by atoms with Crippen molar-refractivity contribution < 1.29 is 13.2 Å². The molecule has 0 radical (unpaired) electrons. The summed E-state index contributed by atoms with van der Waals surface area (Å²) in [5.41, 5.74) is 10.7. The van der Waals surface area contributed by atoms with E-state index < -0.39 is 18.1 Å². The maximum atomic E-state index is 12.7. The van der Waals surface area contributed by atoms with Crippen molar-refractivity contribution in [1.29, 1.82) is 0 Å². The van der Waals surface area contributed by atoms with E-state index in [-0.39, 0.29) is 12.1 Å². The predicted molar refractivity (Wildman–Crippen MR) is 52.3 cm³/mol. The van der Waals surface area contributed by atoms with E-state index in [1.54, 1.807) is 18.2 Å². The van der Waals surface area contributed by atoms with E-state index in [1.165, 1.54) is 12.1 Å². The Hall–Kier alpha value is -1.07. The fraction of sp³-hybridized carbons (Fsp3) is 0.400. The molecule has 15 heavy (non-hydrogen) atoms. The number of halogens is 3. The van der Waals surface area contributed by atoms with Crippen LogP contribution in [0.5, 0.6) is 0 Å². The first kappa shape index (κ1) is 12.0. The second-order valence-corrected chi connectivity index (χ2v) is 3.33. The quantitative estimate of drug-likeness (QED) is 0.810. The Bertz CT molecular complexity index is 297. The highest BCUT2D eigenvalue weighted by Crippen LogP contribution is 2.36. The van der Waals surface area contributed by atoms with Crippen molar-refractivity contribution >= 4 is 0 Å². The number of nitrogens with two attached hydrogens (primary N) is 2. The number of hydrogen-bond donors (Lipinski definition) is 2. The molecule has 4 N–H and O–H groups in total. The largest absolute Gasteiger partial charge is 0.397 e. The van der Waals surface area contributed by atoms with Crippen molar-refractivity contribution in [3.8, 4) is 0 Å². The zero-order valence-corrected chi connectivity index (χ0v) is 8.04. The fourth-order valence-electron chi connectivity index (χ4n) is 1.48. The minimum absolute atomic E-state index is 0.156. The van der Waals surface area contributed by atoms with Crippen LogP contribution in [0.25, 0.3) is 0 Å². The highest BCUT2D eigenvalue weighted by Gasteiger charge is 2.43. The summed E-state index contributed by atoms with van der Waals surface area (Å²) in [6.07, 6.45) is -4.36. The van der Waals surface area contributed by atoms with Crippen LogP contribution < -0.4 is 11.5 Å². The molecule has 84 valence electrons. The standard InChI is InChI=1S/C10H13F3N2/c11-10(12,13)9(8(15)6-14)7-4-2-1-3-5-7/h1-5,8-9H,6,14-15H2. The molecular formula is C10H13F3N2. The average molecular weight is 218 g/mol. The summed E-state index contributed by atoms with van der Waals surface area (Å²) in [6, 6.07) is 6.48. The summed E-state index contributed by atoms with van der Waals surface area (Å²) in [5.74, 6) is -1.69. The van der Waals surface area contributed by atoms with Gasteiger partial charge in [0, 0.05) is 12.6 Å². The van der Waals surface area contributed by atoms with E-state index in [1.807, 2.05) is 0 Å². The van der Waals surface area contributed by atoms with Crippen LogP contribution >= 0.6 is 0 Å². The molecule has 5 heteroatoms. The SMILES string of the molecule is NCC(N)C(c1ccccc1)C(F)(F)F. The van der Waals surface area contributed by atoms with Gasteiger partial charge in [0.25, 0.3) is 0 Å². The summed E-state index contributed by atoms with van der Waals surface area (Å²) in [5, 5.41) is 0. The minimum Gasteiger partial charge on any atom is -0.329 e. The Morgan fingerprint density at radius 2 is 1.67 bits per heavy atom. The lowest BCUT2D eigenvalue weighted by Gasteiger charge is -2.25. The molecule has 0 saturated heterocycles. The second kappa shape index (κ2) is 4.63. The first-order valence-corrected chi connectivity index (χ1v) is 4.54. The first-order valence-electron chi connectivity index (χ1n) is 4.54.